The fourth-order valence-electron chi connectivity index (χ4n) is 5.33. The molecule has 0 aliphatic carbocycles. The molecule has 1 unspecified atom stereocenters. The van der Waals surface area contributed by atoms with Gasteiger partial charge < -0.3 is 4.74 Å². The zero-order valence-corrected chi connectivity index (χ0v) is 22.6. The second kappa shape index (κ2) is 11.2. The number of halogens is 3. The zero-order chi connectivity index (χ0) is 29.3. The molecular formula is C30H28F3N5O3. The van der Waals surface area contributed by atoms with Crippen LogP contribution in [0.1, 0.15) is 47.8 Å². The fourth-order valence-corrected chi connectivity index (χ4v) is 5.33. The average molecular weight is 564 g/mol. The van der Waals surface area contributed by atoms with Gasteiger partial charge in [0.2, 0.25) is 5.91 Å². The third kappa shape index (κ3) is 5.47. The van der Waals surface area contributed by atoms with E-state index in [0.29, 0.717) is 42.5 Å². The predicted molar refractivity (Wildman–Crippen MR) is 145 cm³/mol. The lowest BCUT2D eigenvalue weighted by Gasteiger charge is -2.17. The van der Waals surface area contributed by atoms with Gasteiger partial charge in [-0.05, 0) is 80.1 Å². The van der Waals surface area contributed by atoms with Crippen molar-refractivity contribution in [2.24, 2.45) is 11.8 Å². The monoisotopic (exact) mass is 563 g/mol. The Labute approximate surface area is 234 Å². The SMILES string of the molecule is Cc1c(-c2ccnn2-c2ccc(C#N)cc2)n(C(=O)CC[C@@H](C)C2CCOC2)c(=O)n1-c1cccc(C(F)(F)F)c1. The van der Waals surface area contributed by atoms with Gasteiger partial charge in [-0.1, -0.05) is 13.0 Å². The molecule has 2 atom stereocenters. The molecule has 2 aromatic heterocycles. The molecule has 0 bridgehead atoms. The Hall–Kier alpha value is -4.43. The predicted octanol–water partition coefficient (Wildman–Crippen LogP) is 5.78. The van der Waals surface area contributed by atoms with Crippen molar-refractivity contribution < 1.29 is 22.7 Å². The van der Waals surface area contributed by atoms with Gasteiger partial charge >= 0.3 is 11.9 Å². The summed E-state index contributed by atoms with van der Waals surface area (Å²) in [6.07, 6.45) is -1.59. The summed E-state index contributed by atoms with van der Waals surface area (Å²) in [7, 11) is 0. The number of alkyl halides is 3. The molecule has 5 rings (SSSR count). The normalized spacial score (nSPS) is 16.0. The van der Waals surface area contributed by atoms with Crippen molar-refractivity contribution in [2.75, 3.05) is 13.2 Å². The van der Waals surface area contributed by atoms with Crippen LogP contribution in [0.15, 0.2) is 65.6 Å². The number of nitriles is 1. The van der Waals surface area contributed by atoms with Crippen LogP contribution in [0.2, 0.25) is 0 Å². The number of carbonyl (C=O) groups is 1. The number of rotatable bonds is 7. The van der Waals surface area contributed by atoms with E-state index in [2.05, 4.69) is 18.1 Å². The summed E-state index contributed by atoms with van der Waals surface area (Å²) in [5.74, 6) is 0.0573. The van der Waals surface area contributed by atoms with Gasteiger partial charge in [0.15, 0.2) is 0 Å². The van der Waals surface area contributed by atoms with Crippen LogP contribution in [-0.4, -0.2) is 38.0 Å². The molecule has 41 heavy (non-hydrogen) atoms. The van der Waals surface area contributed by atoms with Crippen molar-refractivity contribution in [3.63, 3.8) is 0 Å². The molecule has 0 saturated carbocycles. The molecule has 0 amide bonds. The van der Waals surface area contributed by atoms with Gasteiger partial charge in [0, 0.05) is 19.6 Å². The highest BCUT2D eigenvalue weighted by Gasteiger charge is 2.32. The first kappa shape index (κ1) is 28.1. The van der Waals surface area contributed by atoms with Crippen molar-refractivity contribution in [3.05, 3.63) is 88.1 Å². The third-order valence-electron chi connectivity index (χ3n) is 7.67. The van der Waals surface area contributed by atoms with Crippen LogP contribution in [0, 0.1) is 30.1 Å². The van der Waals surface area contributed by atoms with Gasteiger partial charge in [-0.15, -0.1) is 0 Å². The first-order chi connectivity index (χ1) is 19.6. The maximum Gasteiger partial charge on any atom is 0.416 e. The quantitative estimate of drug-likeness (QED) is 0.284. The van der Waals surface area contributed by atoms with E-state index in [9.17, 15) is 22.8 Å². The van der Waals surface area contributed by atoms with Crippen LogP contribution in [0.4, 0.5) is 13.2 Å². The highest BCUT2D eigenvalue weighted by Crippen LogP contribution is 2.32. The second-order valence-electron chi connectivity index (χ2n) is 10.3. The van der Waals surface area contributed by atoms with Crippen molar-refractivity contribution in [1.29, 1.82) is 5.26 Å². The Morgan fingerprint density at radius 2 is 1.93 bits per heavy atom. The minimum atomic E-state index is -4.61. The van der Waals surface area contributed by atoms with E-state index in [1.54, 1.807) is 37.3 Å². The van der Waals surface area contributed by atoms with Crippen LogP contribution in [0.25, 0.3) is 22.8 Å². The molecule has 2 aromatic carbocycles. The summed E-state index contributed by atoms with van der Waals surface area (Å²) in [4.78, 5) is 27.6. The van der Waals surface area contributed by atoms with E-state index in [4.69, 9.17) is 10.00 Å². The van der Waals surface area contributed by atoms with Crippen molar-refractivity contribution in [3.8, 4) is 28.8 Å². The Balaban J connectivity index is 1.63. The lowest BCUT2D eigenvalue weighted by Crippen LogP contribution is -2.30. The van der Waals surface area contributed by atoms with E-state index in [0.717, 1.165) is 27.7 Å². The molecule has 1 fully saturated rings. The van der Waals surface area contributed by atoms with Gasteiger partial charge in [-0.3, -0.25) is 9.36 Å². The summed E-state index contributed by atoms with van der Waals surface area (Å²) in [5, 5.41) is 13.5. The maximum absolute atomic E-state index is 13.9. The minimum absolute atomic E-state index is 0.00367. The average Bonchev–Trinajstić information content (AvgIpc) is 3.71. The number of benzene rings is 2. The van der Waals surface area contributed by atoms with Crippen LogP contribution >= 0.6 is 0 Å². The Kier molecular flexibility index (Phi) is 7.69. The molecule has 1 saturated heterocycles. The molecule has 0 radical (unpaired) electrons. The van der Waals surface area contributed by atoms with E-state index in [1.807, 2.05) is 0 Å². The standard InChI is InChI=1S/C30H28F3N5O3/c1-19(22-13-15-41-18-22)6-11-27(39)37-28(26-12-14-35-38(26)24-9-7-21(17-34)8-10-24)20(2)36(29(37)40)25-5-3-4-23(16-25)30(31,32)33/h3-5,7-10,12,14,16,19,22H,6,11,13,15,18H2,1-2H3/t19-,22?/m1/s1. The molecule has 212 valence electrons. The summed E-state index contributed by atoms with van der Waals surface area (Å²) in [6.45, 7) is 4.96. The van der Waals surface area contributed by atoms with Crippen molar-refractivity contribution in [1.82, 2.24) is 18.9 Å². The van der Waals surface area contributed by atoms with Crippen LogP contribution in [-0.2, 0) is 10.9 Å². The topological polar surface area (TPSA) is 94.8 Å². The van der Waals surface area contributed by atoms with Crippen LogP contribution in [0.5, 0.6) is 0 Å². The van der Waals surface area contributed by atoms with E-state index in [-0.39, 0.29) is 29.4 Å². The highest BCUT2D eigenvalue weighted by molar-refractivity contribution is 5.84. The van der Waals surface area contributed by atoms with E-state index in [1.165, 1.54) is 23.0 Å². The molecule has 1 aliphatic heterocycles. The lowest BCUT2D eigenvalue weighted by molar-refractivity contribution is -0.137. The molecule has 4 aromatic rings. The summed E-state index contributed by atoms with van der Waals surface area (Å²) in [6, 6.07) is 14.8. The molecule has 1 aliphatic rings. The summed E-state index contributed by atoms with van der Waals surface area (Å²) < 4.78 is 49.8. The number of ether oxygens (including phenoxy) is 1. The Morgan fingerprint density at radius 3 is 2.59 bits per heavy atom. The van der Waals surface area contributed by atoms with Gasteiger partial charge in [-0.2, -0.15) is 23.5 Å². The largest absolute Gasteiger partial charge is 0.416 e. The van der Waals surface area contributed by atoms with Crippen LogP contribution in [0.3, 0.4) is 0 Å². The molecule has 0 N–H and O–H groups in total. The highest BCUT2D eigenvalue weighted by atomic mass is 19.4. The number of hydrogen-bond donors (Lipinski definition) is 0. The minimum Gasteiger partial charge on any atom is -0.381 e. The van der Waals surface area contributed by atoms with E-state index < -0.39 is 23.3 Å². The summed E-state index contributed by atoms with van der Waals surface area (Å²) in [5.41, 5.74) is 0.284. The number of nitrogens with zero attached hydrogens (tertiary/aromatic N) is 5. The van der Waals surface area contributed by atoms with Gasteiger partial charge in [0.25, 0.3) is 0 Å². The molecular weight excluding hydrogens is 535 g/mol. The number of carbonyl (C=O) groups excluding carboxylic acids is 1. The van der Waals surface area contributed by atoms with Crippen molar-refractivity contribution >= 4 is 5.91 Å². The second-order valence-corrected chi connectivity index (χ2v) is 10.3. The third-order valence-corrected chi connectivity index (χ3v) is 7.67. The zero-order valence-electron chi connectivity index (χ0n) is 22.6. The first-order valence-corrected chi connectivity index (χ1v) is 13.3. The maximum atomic E-state index is 13.9. The van der Waals surface area contributed by atoms with Crippen molar-refractivity contribution in [2.45, 2.75) is 39.3 Å². The lowest BCUT2D eigenvalue weighted by atomic mass is 9.89. The molecule has 3 heterocycles. The number of hydrogen-bond acceptors (Lipinski definition) is 5. The smallest absolute Gasteiger partial charge is 0.381 e. The number of aromatic nitrogens is 4. The fraction of sp³-hybridized carbons (Fsp3) is 0.333. The van der Waals surface area contributed by atoms with Crippen LogP contribution < -0.4 is 5.69 Å². The number of imidazole rings is 1. The summed E-state index contributed by atoms with van der Waals surface area (Å²) >= 11 is 0. The molecule has 11 heteroatoms. The Bertz CT molecular complexity index is 1670. The first-order valence-electron chi connectivity index (χ1n) is 13.3. The van der Waals surface area contributed by atoms with E-state index >= 15 is 0 Å². The Morgan fingerprint density at radius 1 is 1.17 bits per heavy atom. The van der Waals surface area contributed by atoms with Gasteiger partial charge in [0.1, 0.15) is 0 Å². The molecule has 0 spiro atoms. The van der Waals surface area contributed by atoms with Gasteiger partial charge in [0.05, 0.1) is 51.8 Å². The molecule has 8 nitrogen and oxygen atoms in total. The van der Waals surface area contributed by atoms with Gasteiger partial charge in [-0.25, -0.2) is 14.0 Å².